The van der Waals surface area contributed by atoms with Crippen molar-refractivity contribution in [2.24, 2.45) is 0 Å². The van der Waals surface area contributed by atoms with Crippen LogP contribution in [-0.4, -0.2) is 60.7 Å². The number of benzene rings is 2. The Kier molecular flexibility index (Phi) is 5.52. The Hall–Kier alpha value is -1.82. The third-order valence-corrected chi connectivity index (χ3v) is 9.40. The minimum Gasteiger partial charge on any atom is -0.378 e. The maximum atomic E-state index is 5.51. The third-order valence-electron chi connectivity index (χ3n) is 5.89. The van der Waals surface area contributed by atoms with Crippen LogP contribution in [-0.2, 0) is 9.47 Å². The molecule has 0 bridgehead atoms. The zero-order valence-corrected chi connectivity index (χ0v) is 17.5. The monoisotopic (exact) mass is 382 g/mol. The van der Waals surface area contributed by atoms with Gasteiger partial charge in [0.1, 0.15) is 8.07 Å². The molecule has 0 saturated carbocycles. The van der Waals surface area contributed by atoms with Crippen molar-refractivity contribution >= 4 is 29.8 Å². The van der Waals surface area contributed by atoms with E-state index < -0.39 is 8.07 Å². The highest BCUT2D eigenvalue weighted by Crippen LogP contribution is 2.19. The van der Waals surface area contributed by atoms with Crippen LogP contribution in [0.3, 0.4) is 0 Å². The van der Waals surface area contributed by atoms with E-state index in [-0.39, 0.29) is 0 Å². The number of rotatable bonds is 4. The zero-order valence-electron chi connectivity index (χ0n) is 16.5. The lowest BCUT2D eigenvalue weighted by Gasteiger charge is -2.32. The summed E-state index contributed by atoms with van der Waals surface area (Å²) in [6, 6.07) is 18.4. The van der Waals surface area contributed by atoms with Gasteiger partial charge in [0.05, 0.1) is 26.4 Å². The Labute approximate surface area is 163 Å². The predicted molar refractivity (Wildman–Crippen MR) is 116 cm³/mol. The fourth-order valence-corrected chi connectivity index (χ4v) is 6.37. The normalized spacial score (nSPS) is 18.6. The van der Waals surface area contributed by atoms with Crippen molar-refractivity contribution in [1.82, 2.24) is 0 Å². The van der Waals surface area contributed by atoms with Gasteiger partial charge in [-0.2, -0.15) is 0 Å². The van der Waals surface area contributed by atoms with Crippen LogP contribution in [0.1, 0.15) is 0 Å². The lowest BCUT2D eigenvalue weighted by atomic mass is 10.2. The SMILES string of the molecule is C[Si](C)(c1cccc(N2CCOCC2)c1)c1cccc(N2CCOCC2)c1. The van der Waals surface area contributed by atoms with Gasteiger partial charge in [-0.05, 0) is 24.3 Å². The van der Waals surface area contributed by atoms with E-state index in [2.05, 4.69) is 71.4 Å². The minimum atomic E-state index is -1.76. The molecule has 0 radical (unpaired) electrons. The van der Waals surface area contributed by atoms with Gasteiger partial charge >= 0.3 is 0 Å². The molecule has 0 aliphatic carbocycles. The predicted octanol–water partition coefficient (Wildman–Crippen LogP) is 2.18. The largest absolute Gasteiger partial charge is 0.378 e. The molecule has 27 heavy (non-hydrogen) atoms. The lowest BCUT2D eigenvalue weighted by Crippen LogP contribution is -2.53. The second-order valence-electron chi connectivity index (χ2n) is 7.92. The molecule has 2 aromatic carbocycles. The molecule has 4 rings (SSSR count). The molecule has 2 heterocycles. The average molecular weight is 383 g/mol. The summed E-state index contributed by atoms with van der Waals surface area (Å²) in [5.74, 6) is 0. The number of anilines is 2. The summed E-state index contributed by atoms with van der Waals surface area (Å²) in [7, 11) is -1.76. The highest BCUT2D eigenvalue weighted by molar-refractivity contribution is 7.00. The van der Waals surface area contributed by atoms with Crippen LogP contribution in [0.5, 0.6) is 0 Å². The summed E-state index contributed by atoms with van der Waals surface area (Å²) >= 11 is 0. The maximum Gasteiger partial charge on any atom is 0.112 e. The van der Waals surface area contributed by atoms with Crippen molar-refractivity contribution in [2.45, 2.75) is 13.1 Å². The molecule has 2 saturated heterocycles. The molecule has 2 aliphatic rings. The van der Waals surface area contributed by atoms with Gasteiger partial charge in [-0.15, -0.1) is 0 Å². The minimum absolute atomic E-state index is 0.826. The Balaban J connectivity index is 1.61. The quantitative estimate of drug-likeness (QED) is 0.757. The van der Waals surface area contributed by atoms with Crippen LogP contribution < -0.4 is 20.2 Å². The van der Waals surface area contributed by atoms with Crippen molar-refractivity contribution in [3.8, 4) is 0 Å². The molecule has 0 atom stereocenters. The molecule has 0 unspecified atom stereocenters. The molecule has 0 amide bonds. The van der Waals surface area contributed by atoms with Crippen LogP contribution in [0.25, 0.3) is 0 Å². The molecule has 2 aliphatic heterocycles. The van der Waals surface area contributed by atoms with Gasteiger partial charge in [-0.25, -0.2) is 0 Å². The van der Waals surface area contributed by atoms with Gasteiger partial charge < -0.3 is 19.3 Å². The standard InChI is InChI=1S/C22H30N2O2Si/c1-27(2,21-7-3-5-19(17-21)23-9-13-25-14-10-23)22-8-4-6-20(18-22)24-11-15-26-16-12-24/h3-8,17-18H,9-16H2,1-2H3. The first-order valence-corrected chi connectivity index (χ1v) is 13.0. The third kappa shape index (κ3) is 4.05. The number of hydrogen-bond donors (Lipinski definition) is 0. The molecule has 0 N–H and O–H groups in total. The smallest absolute Gasteiger partial charge is 0.112 e. The topological polar surface area (TPSA) is 24.9 Å². The van der Waals surface area contributed by atoms with Gasteiger partial charge in [0.2, 0.25) is 0 Å². The fraction of sp³-hybridized carbons (Fsp3) is 0.455. The molecular formula is C22H30N2O2Si. The molecular weight excluding hydrogens is 352 g/mol. The van der Waals surface area contributed by atoms with E-state index in [1.807, 2.05) is 0 Å². The second-order valence-corrected chi connectivity index (χ2v) is 12.3. The van der Waals surface area contributed by atoms with E-state index in [4.69, 9.17) is 9.47 Å². The van der Waals surface area contributed by atoms with E-state index in [9.17, 15) is 0 Å². The van der Waals surface area contributed by atoms with Crippen LogP contribution >= 0.6 is 0 Å². The highest BCUT2D eigenvalue weighted by atomic mass is 28.3. The van der Waals surface area contributed by atoms with Crippen LogP contribution in [0.2, 0.25) is 13.1 Å². The fourth-order valence-electron chi connectivity index (χ4n) is 3.99. The summed E-state index contributed by atoms with van der Waals surface area (Å²) < 4.78 is 11.0. The zero-order chi connectivity index (χ0) is 18.7. The first kappa shape index (κ1) is 18.5. The van der Waals surface area contributed by atoms with Crippen molar-refractivity contribution in [2.75, 3.05) is 62.4 Å². The number of hydrogen-bond acceptors (Lipinski definition) is 4. The molecule has 2 aromatic rings. The van der Waals surface area contributed by atoms with Crippen LogP contribution in [0, 0.1) is 0 Å². The van der Waals surface area contributed by atoms with E-state index in [1.54, 1.807) is 0 Å². The molecule has 0 aromatic heterocycles. The van der Waals surface area contributed by atoms with Gasteiger partial charge in [0.25, 0.3) is 0 Å². The van der Waals surface area contributed by atoms with Crippen molar-refractivity contribution in [3.63, 3.8) is 0 Å². The van der Waals surface area contributed by atoms with Gasteiger partial charge in [0, 0.05) is 37.6 Å². The summed E-state index contributed by atoms with van der Waals surface area (Å²) in [5, 5.41) is 2.98. The Morgan fingerprint density at radius 2 is 1.07 bits per heavy atom. The average Bonchev–Trinajstić information content (AvgIpc) is 2.75. The van der Waals surface area contributed by atoms with E-state index >= 15 is 0 Å². The van der Waals surface area contributed by atoms with Crippen molar-refractivity contribution < 1.29 is 9.47 Å². The maximum absolute atomic E-state index is 5.51. The summed E-state index contributed by atoms with van der Waals surface area (Å²) in [5.41, 5.74) is 2.67. The number of morpholine rings is 2. The van der Waals surface area contributed by atoms with E-state index in [1.165, 1.54) is 21.7 Å². The molecule has 5 heteroatoms. The summed E-state index contributed by atoms with van der Waals surface area (Å²) in [6.07, 6.45) is 0. The Morgan fingerprint density at radius 1 is 0.667 bits per heavy atom. The molecule has 4 nitrogen and oxygen atoms in total. The van der Waals surface area contributed by atoms with Crippen LogP contribution in [0.15, 0.2) is 48.5 Å². The Morgan fingerprint density at radius 3 is 1.48 bits per heavy atom. The van der Waals surface area contributed by atoms with E-state index in [0.717, 1.165) is 52.6 Å². The number of nitrogens with zero attached hydrogens (tertiary/aromatic N) is 2. The lowest BCUT2D eigenvalue weighted by molar-refractivity contribution is 0.122. The molecule has 0 spiro atoms. The van der Waals surface area contributed by atoms with Gasteiger partial charge in [-0.1, -0.05) is 47.7 Å². The van der Waals surface area contributed by atoms with Gasteiger partial charge in [-0.3, -0.25) is 0 Å². The first-order valence-electron chi connectivity index (χ1n) is 10.0. The van der Waals surface area contributed by atoms with Gasteiger partial charge in [0.15, 0.2) is 0 Å². The second kappa shape index (κ2) is 8.05. The Bertz CT molecular complexity index is 705. The van der Waals surface area contributed by atoms with E-state index in [0.29, 0.717) is 0 Å². The van der Waals surface area contributed by atoms with Crippen molar-refractivity contribution in [3.05, 3.63) is 48.5 Å². The highest BCUT2D eigenvalue weighted by Gasteiger charge is 2.27. The summed E-state index contributed by atoms with van der Waals surface area (Å²) in [4.78, 5) is 4.89. The van der Waals surface area contributed by atoms with Crippen molar-refractivity contribution in [1.29, 1.82) is 0 Å². The molecule has 144 valence electrons. The number of ether oxygens (including phenoxy) is 2. The summed E-state index contributed by atoms with van der Waals surface area (Å²) in [6.45, 7) is 12.2. The first-order chi connectivity index (χ1) is 13.1. The molecule has 2 fully saturated rings. The van der Waals surface area contributed by atoms with Crippen LogP contribution in [0.4, 0.5) is 11.4 Å².